The van der Waals surface area contributed by atoms with E-state index >= 15 is 0 Å². The highest BCUT2D eigenvalue weighted by atomic mass is 32.1. The molecule has 0 saturated carbocycles. The van der Waals surface area contributed by atoms with Crippen molar-refractivity contribution in [1.82, 2.24) is 4.98 Å². The fourth-order valence-electron chi connectivity index (χ4n) is 2.20. The zero-order valence-corrected chi connectivity index (χ0v) is 13.1. The van der Waals surface area contributed by atoms with Gasteiger partial charge in [-0.15, -0.1) is 11.3 Å². The molecule has 1 aromatic heterocycles. The van der Waals surface area contributed by atoms with Crippen LogP contribution < -0.4 is 15.2 Å². The van der Waals surface area contributed by atoms with E-state index in [1.54, 1.807) is 25.6 Å². The molecule has 0 saturated heterocycles. The van der Waals surface area contributed by atoms with Crippen LogP contribution in [0, 0.1) is 6.92 Å². The van der Waals surface area contributed by atoms with Crippen molar-refractivity contribution < 1.29 is 9.47 Å². The van der Waals surface area contributed by atoms with Crippen molar-refractivity contribution in [3.63, 3.8) is 0 Å². The van der Waals surface area contributed by atoms with Gasteiger partial charge in [0.05, 0.1) is 26.0 Å². The lowest BCUT2D eigenvalue weighted by Crippen LogP contribution is -2.13. The number of benzene rings is 1. The second-order valence-corrected chi connectivity index (χ2v) is 5.70. The summed E-state index contributed by atoms with van der Waals surface area (Å²) in [7, 11) is 3.24. The Labute approximate surface area is 123 Å². The normalized spacial score (nSPS) is 12.2. The number of para-hydroxylation sites is 1. The van der Waals surface area contributed by atoms with Gasteiger partial charge in [0, 0.05) is 10.4 Å². The molecule has 1 aromatic carbocycles. The summed E-state index contributed by atoms with van der Waals surface area (Å²) >= 11 is 1.64. The molecule has 2 aromatic rings. The predicted octanol–water partition coefficient (Wildman–Crippen LogP) is 3.08. The summed E-state index contributed by atoms with van der Waals surface area (Å²) in [6.45, 7) is 4.18. The van der Waals surface area contributed by atoms with E-state index in [2.05, 4.69) is 18.8 Å². The molecule has 20 heavy (non-hydrogen) atoms. The van der Waals surface area contributed by atoms with Crippen molar-refractivity contribution >= 4 is 11.3 Å². The summed E-state index contributed by atoms with van der Waals surface area (Å²) in [6, 6.07) is 5.43. The molecule has 0 amide bonds. The average molecular weight is 292 g/mol. The zero-order chi connectivity index (χ0) is 14.7. The maximum atomic E-state index is 6.37. The van der Waals surface area contributed by atoms with Gasteiger partial charge in [-0.25, -0.2) is 4.98 Å². The summed E-state index contributed by atoms with van der Waals surface area (Å²) in [6.07, 6.45) is 0.921. The zero-order valence-electron chi connectivity index (χ0n) is 12.3. The molecule has 0 aliphatic rings. The molecule has 1 atom stereocenters. The van der Waals surface area contributed by atoms with Crippen molar-refractivity contribution in [2.75, 3.05) is 14.2 Å². The van der Waals surface area contributed by atoms with Crippen LogP contribution in [0.5, 0.6) is 11.5 Å². The number of aromatic nitrogens is 1. The van der Waals surface area contributed by atoms with Gasteiger partial charge in [-0.05, 0) is 19.4 Å². The van der Waals surface area contributed by atoms with Crippen molar-refractivity contribution in [2.24, 2.45) is 5.73 Å². The van der Waals surface area contributed by atoms with Gasteiger partial charge in [-0.1, -0.05) is 19.1 Å². The Morgan fingerprint density at radius 2 is 2.05 bits per heavy atom. The molecule has 0 radical (unpaired) electrons. The van der Waals surface area contributed by atoms with Crippen LogP contribution in [0.3, 0.4) is 0 Å². The van der Waals surface area contributed by atoms with E-state index in [-0.39, 0.29) is 6.04 Å². The van der Waals surface area contributed by atoms with Crippen LogP contribution in [0.1, 0.15) is 34.1 Å². The Morgan fingerprint density at radius 3 is 2.60 bits per heavy atom. The second kappa shape index (κ2) is 6.24. The molecule has 0 spiro atoms. The van der Waals surface area contributed by atoms with E-state index in [0.29, 0.717) is 11.5 Å². The lowest BCUT2D eigenvalue weighted by molar-refractivity contribution is 0.350. The summed E-state index contributed by atoms with van der Waals surface area (Å²) in [5, 5.41) is 0.908. The molecular formula is C15H20N2O2S. The smallest absolute Gasteiger partial charge is 0.165 e. The highest BCUT2D eigenvalue weighted by Crippen LogP contribution is 2.37. The van der Waals surface area contributed by atoms with E-state index in [4.69, 9.17) is 15.2 Å². The first kappa shape index (κ1) is 14.8. The first-order valence-corrected chi connectivity index (χ1v) is 7.36. The van der Waals surface area contributed by atoms with Gasteiger partial charge in [0.25, 0.3) is 0 Å². The van der Waals surface area contributed by atoms with Crippen molar-refractivity contribution in [3.05, 3.63) is 39.3 Å². The largest absolute Gasteiger partial charge is 0.493 e. The van der Waals surface area contributed by atoms with Gasteiger partial charge in [-0.2, -0.15) is 0 Å². The van der Waals surface area contributed by atoms with E-state index in [1.165, 1.54) is 4.88 Å². The van der Waals surface area contributed by atoms with Crippen LogP contribution in [0.2, 0.25) is 0 Å². The molecule has 5 heteroatoms. The minimum atomic E-state index is -0.302. The Bertz CT molecular complexity index is 596. The molecule has 108 valence electrons. The summed E-state index contributed by atoms with van der Waals surface area (Å²) in [5.74, 6) is 1.36. The predicted molar refractivity (Wildman–Crippen MR) is 81.8 cm³/mol. The van der Waals surface area contributed by atoms with Crippen LogP contribution in [0.25, 0.3) is 0 Å². The van der Waals surface area contributed by atoms with Gasteiger partial charge in [0.15, 0.2) is 11.5 Å². The lowest BCUT2D eigenvalue weighted by atomic mass is 10.1. The van der Waals surface area contributed by atoms with E-state index in [0.717, 1.165) is 22.7 Å². The maximum absolute atomic E-state index is 6.37. The summed E-state index contributed by atoms with van der Waals surface area (Å²) < 4.78 is 10.8. The summed E-state index contributed by atoms with van der Waals surface area (Å²) in [4.78, 5) is 5.85. The van der Waals surface area contributed by atoms with Crippen LogP contribution in [-0.4, -0.2) is 19.2 Å². The molecule has 0 aliphatic carbocycles. The SMILES string of the molecule is CCc1nc(C(N)c2cccc(OC)c2OC)sc1C. The van der Waals surface area contributed by atoms with Gasteiger partial charge in [0.2, 0.25) is 0 Å². The van der Waals surface area contributed by atoms with Gasteiger partial charge < -0.3 is 15.2 Å². The molecule has 1 heterocycles. The van der Waals surface area contributed by atoms with Gasteiger partial charge in [-0.3, -0.25) is 0 Å². The Balaban J connectivity index is 2.44. The molecule has 0 fully saturated rings. The van der Waals surface area contributed by atoms with E-state index in [1.807, 2.05) is 18.2 Å². The fraction of sp³-hybridized carbons (Fsp3) is 0.400. The van der Waals surface area contributed by atoms with Crippen LogP contribution >= 0.6 is 11.3 Å². The van der Waals surface area contributed by atoms with E-state index in [9.17, 15) is 0 Å². The second-order valence-electron chi connectivity index (χ2n) is 4.47. The number of rotatable bonds is 5. The monoisotopic (exact) mass is 292 g/mol. The van der Waals surface area contributed by atoms with Gasteiger partial charge in [0.1, 0.15) is 5.01 Å². The molecule has 0 bridgehead atoms. The van der Waals surface area contributed by atoms with Crippen molar-refractivity contribution in [2.45, 2.75) is 26.3 Å². The minimum absolute atomic E-state index is 0.302. The first-order valence-electron chi connectivity index (χ1n) is 6.55. The Morgan fingerprint density at radius 1 is 1.30 bits per heavy atom. The third-order valence-electron chi connectivity index (χ3n) is 3.28. The topological polar surface area (TPSA) is 57.4 Å². The standard InChI is InChI=1S/C15H20N2O2S/c1-5-11-9(2)20-15(17-11)13(16)10-7-6-8-12(18-3)14(10)19-4/h6-8,13H,5,16H2,1-4H3. The van der Waals surface area contributed by atoms with Crippen molar-refractivity contribution in [1.29, 1.82) is 0 Å². The Kier molecular flexibility index (Phi) is 4.62. The van der Waals surface area contributed by atoms with Crippen LogP contribution in [0.15, 0.2) is 18.2 Å². The number of thiazole rings is 1. The van der Waals surface area contributed by atoms with Crippen LogP contribution in [-0.2, 0) is 6.42 Å². The number of ether oxygens (including phenoxy) is 2. The fourth-order valence-corrected chi connectivity index (χ4v) is 3.23. The third kappa shape index (κ3) is 2.64. The Hall–Kier alpha value is -1.59. The van der Waals surface area contributed by atoms with Crippen LogP contribution in [0.4, 0.5) is 0 Å². The number of hydrogen-bond donors (Lipinski definition) is 1. The summed E-state index contributed by atoms with van der Waals surface area (Å²) in [5.41, 5.74) is 8.37. The van der Waals surface area contributed by atoms with E-state index < -0.39 is 0 Å². The number of nitrogens with two attached hydrogens (primary N) is 1. The molecular weight excluding hydrogens is 272 g/mol. The number of hydrogen-bond acceptors (Lipinski definition) is 5. The number of aryl methyl sites for hydroxylation is 2. The number of methoxy groups -OCH3 is 2. The molecule has 2 N–H and O–H groups in total. The average Bonchev–Trinajstić information content (AvgIpc) is 2.86. The van der Waals surface area contributed by atoms with Gasteiger partial charge >= 0.3 is 0 Å². The minimum Gasteiger partial charge on any atom is -0.493 e. The highest BCUT2D eigenvalue weighted by Gasteiger charge is 2.21. The molecule has 1 unspecified atom stereocenters. The number of nitrogens with zero attached hydrogens (tertiary/aromatic N) is 1. The third-order valence-corrected chi connectivity index (χ3v) is 4.37. The highest BCUT2D eigenvalue weighted by molar-refractivity contribution is 7.11. The maximum Gasteiger partial charge on any atom is 0.165 e. The molecule has 0 aliphatic heterocycles. The first-order chi connectivity index (χ1) is 9.62. The lowest BCUT2D eigenvalue weighted by Gasteiger charge is -2.16. The quantitative estimate of drug-likeness (QED) is 0.920. The van der Waals surface area contributed by atoms with Crippen molar-refractivity contribution in [3.8, 4) is 11.5 Å². The molecule has 4 nitrogen and oxygen atoms in total. The molecule has 2 rings (SSSR count).